The van der Waals surface area contributed by atoms with E-state index in [9.17, 15) is 0 Å². The predicted octanol–water partition coefficient (Wildman–Crippen LogP) is 3.49. The number of hydrogen-bond acceptors (Lipinski definition) is 1. The third-order valence-electron chi connectivity index (χ3n) is 2.10. The minimum Gasteiger partial charge on any atom is -0.492 e. The second kappa shape index (κ2) is 3.39. The number of benzene rings is 1. The zero-order valence-electron chi connectivity index (χ0n) is 7.09. The average molecular weight is 217 g/mol. The van der Waals surface area contributed by atoms with E-state index in [4.69, 9.17) is 27.9 Å². The molecule has 0 saturated heterocycles. The first-order valence-corrected chi connectivity index (χ1v) is 5.01. The van der Waals surface area contributed by atoms with Gasteiger partial charge < -0.3 is 4.74 Å². The molecule has 1 nitrogen and oxygen atoms in total. The summed E-state index contributed by atoms with van der Waals surface area (Å²) in [6, 6.07) is 7.32. The Morgan fingerprint density at radius 1 is 1.23 bits per heavy atom. The van der Waals surface area contributed by atoms with Gasteiger partial charge in [-0.3, -0.25) is 0 Å². The third-order valence-corrected chi connectivity index (χ3v) is 2.84. The van der Waals surface area contributed by atoms with E-state index in [-0.39, 0.29) is 4.87 Å². The van der Waals surface area contributed by atoms with Gasteiger partial charge in [0, 0.05) is 5.02 Å². The average Bonchev–Trinajstić information content (AvgIpc) is 2.84. The lowest BCUT2D eigenvalue weighted by molar-refractivity contribution is 0.309. The SMILES string of the molecule is Clc1ccc(OCC2(Cl)CC2)cc1. The lowest BCUT2D eigenvalue weighted by Crippen LogP contribution is -2.11. The van der Waals surface area contributed by atoms with Crippen LogP contribution in [0.1, 0.15) is 12.8 Å². The van der Waals surface area contributed by atoms with Crippen LogP contribution in [0.2, 0.25) is 5.02 Å². The van der Waals surface area contributed by atoms with E-state index in [2.05, 4.69) is 0 Å². The Morgan fingerprint density at radius 3 is 2.38 bits per heavy atom. The van der Waals surface area contributed by atoms with Gasteiger partial charge in [-0.2, -0.15) is 0 Å². The third kappa shape index (κ3) is 2.52. The summed E-state index contributed by atoms with van der Waals surface area (Å²) in [5, 5.41) is 0.722. The highest BCUT2D eigenvalue weighted by Gasteiger charge is 2.41. The van der Waals surface area contributed by atoms with Gasteiger partial charge in [-0.25, -0.2) is 0 Å². The molecule has 0 atom stereocenters. The molecule has 0 aliphatic heterocycles. The molecule has 3 heteroatoms. The summed E-state index contributed by atoms with van der Waals surface area (Å²) in [7, 11) is 0. The number of halogens is 2. The number of alkyl halides is 1. The molecule has 1 aromatic carbocycles. The van der Waals surface area contributed by atoms with Crippen molar-refractivity contribution in [2.75, 3.05) is 6.61 Å². The van der Waals surface area contributed by atoms with Gasteiger partial charge in [-0.05, 0) is 37.1 Å². The Balaban J connectivity index is 1.91. The predicted molar refractivity (Wildman–Crippen MR) is 54.8 cm³/mol. The maximum absolute atomic E-state index is 6.07. The van der Waals surface area contributed by atoms with E-state index < -0.39 is 0 Å². The summed E-state index contributed by atoms with van der Waals surface area (Å²) in [4.78, 5) is -0.0837. The number of ether oxygens (including phenoxy) is 1. The zero-order chi connectivity index (χ0) is 9.31. The fraction of sp³-hybridized carbons (Fsp3) is 0.400. The van der Waals surface area contributed by atoms with Crippen LogP contribution in [0, 0.1) is 0 Å². The van der Waals surface area contributed by atoms with Crippen LogP contribution >= 0.6 is 23.2 Å². The van der Waals surface area contributed by atoms with Crippen LogP contribution in [0.5, 0.6) is 5.75 Å². The minimum absolute atomic E-state index is 0.0837. The standard InChI is InChI=1S/C10H10Cl2O/c11-8-1-3-9(4-2-8)13-7-10(12)5-6-10/h1-4H,5-7H2. The van der Waals surface area contributed by atoms with Gasteiger partial charge >= 0.3 is 0 Å². The Bertz CT molecular complexity index is 290. The molecule has 1 aromatic rings. The van der Waals surface area contributed by atoms with E-state index in [1.807, 2.05) is 24.3 Å². The van der Waals surface area contributed by atoms with E-state index >= 15 is 0 Å². The first-order valence-electron chi connectivity index (χ1n) is 4.25. The summed E-state index contributed by atoms with van der Waals surface area (Å²) < 4.78 is 5.50. The molecule has 0 radical (unpaired) electrons. The Hall–Kier alpha value is -0.400. The van der Waals surface area contributed by atoms with Crippen molar-refractivity contribution >= 4 is 23.2 Å². The normalized spacial score (nSPS) is 18.3. The van der Waals surface area contributed by atoms with Crippen molar-refractivity contribution in [2.45, 2.75) is 17.7 Å². The Morgan fingerprint density at radius 2 is 1.85 bits per heavy atom. The van der Waals surface area contributed by atoms with Crippen LogP contribution in [-0.4, -0.2) is 11.5 Å². The summed E-state index contributed by atoms with van der Waals surface area (Å²) >= 11 is 11.8. The molecular weight excluding hydrogens is 207 g/mol. The highest BCUT2D eigenvalue weighted by Crippen LogP contribution is 2.42. The quantitative estimate of drug-likeness (QED) is 0.704. The van der Waals surface area contributed by atoms with Crippen molar-refractivity contribution in [1.29, 1.82) is 0 Å². The molecule has 0 heterocycles. The molecule has 70 valence electrons. The van der Waals surface area contributed by atoms with Crippen LogP contribution in [0.25, 0.3) is 0 Å². The lowest BCUT2D eigenvalue weighted by atomic mass is 10.3. The summed E-state index contributed by atoms with van der Waals surface area (Å²) in [6.07, 6.45) is 2.12. The Labute approximate surface area is 87.6 Å². The van der Waals surface area contributed by atoms with E-state index in [1.165, 1.54) is 0 Å². The second-order valence-electron chi connectivity index (χ2n) is 3.39. The van der Waals surface area contributed by atoms with Gasteiger partial charge in [0.2, 0.25) is 0 Å². The molecular formula is C10H10Cl2O. The van der Waals surface area contributed by atoms with Gasteiger partial charge in [0.25, 0.3) is 0 Å². The van der Waals surface area contributed by atoms with Crippen LogP contribution in [0.4, 0.5) is 0 Å². The van der Waals surface area contributed by atoms with Gasteiger partial charge in [-0.1, -0.05) is 11.6 Å². The Kier molecular flexibility index (Phi) is 2.39. The number of hydrogen-bond donors (Lipinski definition) is 0. The van der Waals surface area contributed by atoms with Crippen molar-refractivity contribution in [1.82, 2.24) is 0 Å². The van der Waals surface area contributed by atoms with Gasteiger partial charge in [0.1, 0.15) is 12.4 Å². The molecule has 1 saturated carbocycles. The zero-order valence-corrected chi connectivity index (χ0v) is 8.61. The first-order chi connectivity index (χ1) is 6.18. The molecule has 0 amide bonds. The summed E-state index contributed by atoms with van der Waals surface area (Å²) in [5.74, 6) is 0.830. The smallest absolute Gasteiger partial charge is 0.119 e. The largest absolute Gasteiger partial charge is 0.492 e. The highest BCUT2D eigenvalue weighted by atomic mass is 35.5. The van der Waals surface area contributed by atoms with Crippen molar-refractivity contribution in [2.24, 2.45) is 0 Å². The molecule has 1 fully saturated rings. The summed E-state index contributed by atoms with van der Waals surface area (Å²) in [5.41, 5.74) is 0. The fourth-order valence-corrected chi connectivity index (χ4v) is 1.30. The van der Waals surface area contributed by atoms with Crippen molar-refractivity contribution in [3.05, 3.63) is 29.3 Å². The molecule has 1 aliphatic rings. The van der Waals surface area contributed by atoms with Crippen molar-refractivity contribution in [3.63, 3.8) is 0 Å². The molecule has 0 bridgehead atoms. The molecule has 0 aromatic heterocycles. The second-order valence-corrected chi connectivity index (χ2v) is 4.63. The fourth-order valence-electron chi connectivity index (χ4n) is 1.02. The number of rotatable bonds is 3. The van der Waals surface area contributed by atoms with E-state index in [1.54, 1.807) is 0 Å². The van der Waals surface area contributed by atoms with E-state index in [0.29, 0.717) is 6.61 Å². The molecule has 1 aliphatic carbocycles. The molecule has 0 spiro atoms. The molecule has 2 rings (SSSR count). The van der Waals surface area contributed by atoms with Gasteiger partial charge in [-0.15, -0.1) is 11.6 Å². The van der Waals surface area contributed by atoms with Crippen LogP contribution in [-0.2, 0) is 0 Å². The monoisotopic (exact) mass is 216 g/mol. The van der Waals surface area contributed by atoms with Gasteiger partial charge in [0.05, 0.1) is 4.87 Å². The molecule has 0 unspecified atom stereocenters. The topological polar surface area (TPSA) is 9.23 Å². The van der Waals surface area contributed by atoms with E-state index in [0.717, 1.165) is 23.6 Å². The highest BCUT2D eigenvalue weighted by molar-refractivity contribution is 6.30. The minimum atomic E-state index is -0.0837. The first kappa shape index (κ1) is 9.17. The van der Waals surface area contributed by atoms with Crippen molar-refractivity contribution in [3.8, 4) is 5.75 Å². The van der Waals surface area contributed by atoms with Crippen LogP contribution in [0.15, 0.2) is 24.3 Å². The van der Waals surface area contributed by atoms with Crippen molar-refractivity contribution < 1.29 is 4.74 Å². The van der Waals surface area contributed by atoms with Crippen LogP contribution < -0.4 is 4.74 Å². The lowest BCUT2D eigenvalue weighted by Gasteiger charge is -2.08. The van der Waals surface area contributed by atoms with Gasteiger partial charge in [0.15, 0.2) is 0 Å². The maximum Gasteiger partial charge on any atom is 0.119 e. The maximum atomic E-state index is 6.07. The molecule has 13 heavy (non-hydrogen) atoms. The summed E-state index contributed by atoms with van der Waals surface area (Å²) in [6.45, 7) is 0.593. The van der Waals surface area contributed by atoms with Crippen LogP contribution in [0.3, 0.4) is 0 Å². The molecule has 0 N–H and O–H groups in total.